The molecule has 0 radical (unpaired) electrons. The molecule has 0 aromatic rings. The van der Waals surface area contributed by atoms with Gasteiger partial charge in [-0.05, 0) is 6.42 Å². The summed E-state index contributed by atoms with van der Waals surface area (Å²) in [7, 11) is 0. The maximum Gasteiger partial charge on any atom is 0.239 e. The minimum Gasteiger partial charge on any atom is -0.355 e. The van der Waals surface area contributed by atoms with Crippen molar-refractivity contribution in [1.29, 1.82) is 0 Å². The third-order valence-electron chi connectivity index (χ3n) is 1.48. The molecule has 0 rings (SSSR count). The molecule has 2 amide bonds. The van der Waals surface area contributed by atoms with Gasteiger partial charge in [-0.25, -0.2) is 0 Å². The molecule has 0 aliphatic carbocycles. The monoisotopic (exact) mass is 187 g/mol. The van der Waals surface area contributed by atoms with Gasteiger partial charge in [-0.3, -0.25) is 9.59 Å². The van der Waals surface area contributed by atoms with Crippen molar-refractivity contribution in [1.82, 2.24) is 10.6 Å². The summed E-state index contributed by atoms with van der Waals surface area (Å²) in [5, 5.41) is 5.05. The van der Waals surface area contributed by atoms with Gasteiger partial charge in [-0.1, -0.05) is 13.3 Å². The van der Waals surface area contributed by atoms with Crippen LogP contribution in [0.4, 0.5) is 0 Å². The zero-order valence-corrected chi connectivity index (χ0v) is 7.93. The summed E-state index contributed by atoms with van der Waals surface area (Å²) in [6, 6.07) is 0. The van der Waals surface area contributed by atoms with E-state index in [2.05, 4.69) is 10.6 Å². The smallest absolute Gasteiger partial charge is 0.239 e. The zero-order valence-electron chi connectivity index (χ0n) is 7.93. The summed E-state index contributed by atoms with van der Waals surface area (Å²) in [6.07, 6.45) is 1.99. The highest BCUT2D eigenvalue weighted by Gasteiger charge is 2.01. The number of hydrogen-bond acceptors (Lipinski definition) is 3. The average Bonchev–Trinajstić information content (AvgIpc) is 2.14. The lowest BCUT2D eigenvalue weighted by molar-refractivity contribution is -0.125. The van der Waals surface area contributed by atoms with Crippen molar-refractivity contribution < 1.29 is 9.59 Å². The number of carbonyl (C=O) groups is 2. The molecular formula is C8H17N3O2. The third-order valence-corrected chi connectivity index (χ3v) is 1.48. The predicted octanol–water partition coefficient (Wildman–Crippen LogP) is -1.02. The van der Waals surface area contributed by atoms with Crippen LogP contribution in [0.25, 0.3) is 0 Å². The van der Waals surface area contributed by atoms with E-state index in [4.69, 9.17) is 5.73 Å². The predicted molar refractivity (Wildman–Crippen MR) is 50.0 cm³/mol. The van der Waals surface area contributed by atoms with Crippen LogP contribution in [-0.4, -0.2) is 31.4 Å². The van der Waals surface area contributed by atoms with E-state index in [0.717, 1.165) is 12.8 Å². The highest BCUT2D eigenvalue weighted by Crippen LogP contribution is 1.81. The lowest BCUT2D eigenvalue weighted by atomic mass is 10.3. The van der Waals surface area contributed by atoms with Gasteiger partial charge >= 0.3 is 0 Å². The first-order valence-corrected chi connectivity index (χ1v) is 4.44. The normalized spacial score (nSPS) is 9.38. The fraction of sp³-hybridized carbons (Fsp3) is 0.750. The molecule has 0 heterocycles. The molecule has 4 N–H and O–H groups in total. The summed E-state index contributed by atoms with van der Waals surface area (Å²) in [5.41, 5.74) is 5.04. The topological polar surface area (TPSA) is 84.2 Å². The number of rotatable bonds is 6. The van der Waals surface area contributed by atoms with Crippen LogP contribution in [-0.2, 0) is 9.59 Å². The maximum atomic E-state index is 11.0. The van der Waals surface area contributed by atoms with Crippen LogP contribution >= 0.6 is 0 Å². The van der Waals surface area contributed by atoms with Gasteiger partial charge in [0.25, 0.3) is 0 Å². The lowest BCUT2D eigenvalue weighted by Gasteiger charge is -2.04. The van der Waals surface area contributed by atoms with Crippen molar-refractivity contribution >= 4 is 11.8 Å². The molecule has 0 bridgehead atoms. The summed E-state index contributed by atoms with van der Waals surface area (Å²) >= 11 is 0. The largest absolute Gasteiger partial charge is 0.355 e. The van der Waals surface area contributed by atoms with Gasteiger partial charge in [0.15, 0.2) is 0 Å². The van der Waals surface area contributed by atoms with Crippen LogP contribution in [0.15, 0.2) is 0 Å². The van der Waals surface area contributed by atoms with Crippen LogP contribution in [0.5, 0.6) is 0 Å². The van der Waals surface area contributed by atoms with E-state index in [1.54, 1.807) is 0 Å². The maximum absolute atomic E-state index is 11.0. The Labute approximate surface area is 78.1 Å². The standard InChI is InChI=1S/C8H17N3O2/c1-2-3-4-10-8(13)6-11-7(12)5-9/h2-6,9H2,1H3,(H,10,13)(H,11,12). The Bertz CT molecular complexity index is 171. The number of carbonyl (C=O) groups excluding carboxylic acids is 2. The number of nitrogens with two attached hydrogens (primary N) is 1. The van der Waals surface area contributed by atoms with Gasteiger partial charge in [0, 0.05) is 6.54 Å². The Morgan fingerprint density at radius 3 is 2.46 bits per heavy atom. The molecule has 0 aromatic carbocycles. The van der Waals surface area contributed by atoms with Crippen molar-refractivity contribution in [2.75, 3.05) is 19.6 Å². The van der Waals surface area contributed by atoms with E-state index < -0.39 is 0 Å². The molecule has 0 fully saturated rings. The van der Waals surface area contributed by atoms with Crippen molar-refractivity contribution in [3.63, 3.8) is 0 Å². The van der Waals surface area contributed by atoms with Crippen LogP contribution in [0, 0.1) is 0 Å². The van der Waals surface area contributed by atoms with E-state index in [1.807, 2.05) is 6.92 Å². The van der Waals surface area contributed by atoms with Gasteiger partial charge in [0.05, 0.1) is 13.1 Å². The molecule has 0 aliphatic heterocycles. The third kappa shape index (κ3) is 7.27. The molecule has 0 aromatic heterocycles. The molecule has 5 nitrogen and oxygen atoms in total. The minimum absolute atomic E-state index is 0.0136. The Balaban J connectivity index is 3.35. The number of unbranched alkanes of at least 4 members (excludes halogenated alkanes) is 1. The Kier molecular flexibility index (Phi) is 6.91. The van der Waals surface area contributed by atoms with Crippen LogP contribution in [0.1, 0.15) is 19.8 Å². The molecule has 0 aliphatic rings. The summed E-state index contributed by atoms with van der Waals surface area (Å²) in [6.45, 7) is 2.64. The first kappa shape index (κ1) is 11.9. The first-order chi connectivity index (χ1) is 6.20. The Hall–Kier alpha value is -1.10. The zero-order chi connectivity index (χ0) is 10.1. The molecule has 0 saturated carbocycles. The number of nitrogens with one attached hydrogen (secondary N) is 2. The summed E-state index contributed by atoms with van der Waals surface area (Å²) in [5.74, 6) is -0.485. The number of amides is 2. The molecule has 0 unspecified atom stereocenters. The first-order valence-electron chi connectivity index (χ1n) is 4.44. The fourth-order valence-corrected chi connectivity index (χ4v) is 0.718. The SMILES string of the molecule is CCCCNC(=O)CNC(=O)CN. The molecular weight excluding hydrogens is 170 g/mol. The second-order valence-corrected chi connectivity index (χ2v) is 2.68. The quantitative estimate of drug-likeness (QED) is 0.465. The molecule has 5 heteroatoms. The van der Waals surface area contributed by atoms with Gasteiger partial charge in [-0.2, -0.15) is 0 Å². The second kappa shape index (κ2) is 7.54. The highest BCUT2D eigenvalue weighted by molar-refractivity contribution is 5.85. The van der Waals surface area contributed by atoms with Gasteiger partial charge in [0.2, 0.25) is 11.8 Å². The van der Waals surface area contributed by atoms with Crippen LogP contribution in [0.2, 0.25) is 0 Å². The fourth-order valence-electron chi connectivity index (χ4n) is 0.718. The van der Waals surface area contributed by atoms with E-state index in [-0.39, 0.29) is 24.9 Å². The minimum atomic E-state index is -0.314. The Morgan fingerprint density at radius 1 is 1.23 bits per heavy atom. The molecule has 0 saturated heterocycles. The second-order valence-electron chi connectivity index (χ2n) is 2.68. The van der Waals surface area contributed by atoms with Crippen molar-refractivity contribution in [3.05, 3.63) is 0 Å². The number of hydrogen-bond donors (Lipinski definition) is 3. The van der Waals surface area contributed by atoms with Crippen molar-refractivity contribution in [2.45, 2.75) is 19.8 Å². The molecule has 0 atom stereocenters. The molecule has 0 spiro atoms. The van der Waals surface area contributed by atoms with Gasteiger partial charge in [0.1, 0.15) is 0 Å². The Morgan fingerprint density at radius 2 is 1.92 bits per heavy atom. The van der Waals surface area contributed by atoms with Crippen molar-refractivity contribution in [3.8, 4) is 0 Å². The van der Waals surface area contributed by atoms with E-state index in [1.165, 1.54) is 0 Å². The van der Waals surface area contributed by atoms with E-state index in [9.17, 15) is 9.59 Å². The van der Waals surface area contributed by atoms with Gasteiger partial charge < -0.3 is 16.4 Å². The lowest BCUT2D eigenvalue weighted by Crippen LogP contribution is -2.39. The molecule has 13 heavy (non-hydrogen) atoms. The van der Waals surface area contributed by atoms with Crippen molar-refractivity contribution in [2.24, 2.45) is 5.73 Å². The summed E-state index contributed by atoms with van der Waals surface area (Å²) < 4.78 is 0. The highest BCUT2D eigenvalue weighted by atomic mass is 16.2. The van der Waals surface area contributed by atoms with Gasteiger partial charge in [-0.15, -0.1) is 0 Å². The average molecular weight is 187 g/mol. The van der Waals surface area contributed by atoms with E-state index >= 15 is 0 Å². The van der Waals surface area contributed by atoms with E-state index in [0.29, 0.717) is 6.54 Å². The molecule has 76 valence electrons. The van der Waals surface area contributed by atoms with Crippen LogP contribution < -0.4 is 16.4 Å². The van der Waals surface area contributed by atoms with Crippen LogP contribution in [0.3, 0.4) is 0 Å². The summed E-state index contributed by atoms with van der Waals surface area (Å²) in [4.78, 5) is 21.6.